The molecule has 0 saturated heterocycles. The highest BCUT2D eigenvalue weighted by molar-refractivity contribution is 6.30. The van der Waals surface area contributed by atoms with Crippen LogP contribution in [0.5, 0.6) is 0 Å². The predicted octanol–water partition coefficient (Wildman–Crippen LogP) is 3.30. The summed E-state index contributed by atoms with van der Waals surface area (Å²) >= 11 is 5.96. The molecule has 2 aromatic rings. The fraction of sp³-hybridized carbons (Fsp3) is 0.286. The largest absolute Gasteiger partial charge is 0.468 e. The Balaban J connectivity index is 1.66. The molecule has 0 unspecified atom stereocenters. The molecular formula is C21H21ClN2O4. The third-order valence-corrected chi connectivity index (χ3v) is 5.32. The molecule has 0 bridgehead atoms. The van der Waals surface area contributed by atoms with E-state index in [0.29, 0.717) is 16.3 Å². The van der Waals surface area contributed by atoms with E-state index in [1.165, 1.54) is 7.11 Å². The maximum Gasteiger partial charge on any atom is 0.325 e. The molecule has 1 aliphatic carbocycles. The lowest BCUT2D eigenvalue weighted by molar-refractivity contribution is -0.139. The van der Waals surface area contributed by atoms with Crippen LogP contribution >= 0.6 is 11.6 Å². The highest BCUT2D eigenvalue weighted by Crippen LogP contribution is 2.44. The second-order valence-electron chi connectivity index (χ2n) is 6.73. The monoisotopic (exact) mass is 400 g/mol. The maximum absolute atomic E-state index is 13.0. The normalized spacial score (nSPS) is 14.5. The first-order valence-electron chi connectivity index (χ1n) is 8.97. The van der Waals surface area contributed by atoms with E-state index in [1.807, 2.05) is 12.1 Å². The van der Waals surface area contributed by atoms with E-state index < -0.39 is 11.4 Å². The molecule has 0 aromatic heterocycles. The van der Waals surface area contributed by atoms with Crippen molar-refractivity contribution in [3.8, 4) is 0 Å². The summed E-state index contributed by atoms with van der Waals surface area (Å²) in [5.41, 5.74) is 1.41. The van der Waals surface area contributed by atoms with E-state index in [-0.39, 0.29) is 18.4 Å². The number of carbonyl (C=O) groups is 3. The molecule has 2 aromatic carbocycles. The van der Waals surface area contributed by atoms with Crippen molar-refractivity contribution in [1.82, 2.24) is 5.32 Å². The van der Waals surface area contributed by atoms with Gasteiger partial charge in [-0.1, -0.05) is 30.2 Å². The molecule has 0 spiro atoms. The van der Waals surface area contributed by atoms with Gasteiger partial charge in [-0.25, -0.2) is 0 Å². The third kappa shape index (κ3) is 4.17. The van der Waals surface area contributed by atoms with Gasteiger partial charge in [0, 0.05) is 16.3 Å². The molecule has 28 heavy (non-hydrogen) atoms. The summed E-state index contributed by atoms with van der Waals surface area (Å²) in [6.07, 6.45) is 2.57. The molecule has 6 nitrogen and oxygen atoms in total. The standard InChI is InChI=1S/C21H21ClN2O4/c1-28-18(25)13-23-19(26)14-3-9-17(10-4-14)24-20(27)21(11-2-12-21)15-5-7-16(22)8-6-15/h3-10H,2,11-13H2,1H3,(H,23,26)(H,24,27). The molecule has 2 N–H and O–H groups in total. The van der Waals surface area contributed by atoms with E-state index in [2.05, 4.69) is 15.4 Å². The number of methoxy groups -OCH3 is 1. The number of amides is 2. The number of hydrogen-bond donors (Lipinski definition) is 2. The minimum absolute atomic E-state index is 0.0658. The summed E-state index contributed by atoms with van der Waals surface area (Å²) < 4.78 is 4.48. The highest BCUT2D eigenvalue weighted by Gasteiger charge is 2.45. The second-order valence-corrected chi connectivity index (χ2v) is 7.17. The zero-order chi connectivity index (χ0) is 20.1. The Morgan fingerprint density at radius 1 is 1.04 bits per heavy atom. The molecule has 0 aliphatic heterocycles. The average Bonchev–Trinajstić information content (AvgIpc) is 2.67. The molecule has 146 valence electrons. The van der Waals surface area contributed by atoms with Gasteiger partial charge < -0.3 is 15.4 Å². The molecule has 0 atom stereocenters. The summed E-state index contributed by atoms with van der Waals surface area (Å²) in [7, 11) is 1.25. The van der Waals surface area contributed by atoms with Crippen LogP contribution in [-0.2, 0) is 19.7 Å². The molecule has 3 rings (SSSR count). The minimum atomic E-state index is -0.541. The van der Waals surface area contributed by atoms with Gasteiger partial charge in [-0.3, -0.25) is 14.4 Å². The number of hydrogen-bond acceptors (Lipinski definition) is 4. The van der Waals surface area contributed by atoms with E-state index in [1.54, 1.807) is 36.4 Å². The second kappa shape index (κ2) is 8.44. The van der Waals surface area contributed by atoms with Crippen LogP contribution < -0.4 is 10.6 Å². The molecule has 7 heteroatoms. The van der Waals surface area contributed by atoms with Crippen LogP contribution in [0.3, 0.4) is 0 Å². The number of carbonyl (C=O) groups excluding carboxylic acids is 3. The maximum atomic E-state index is 13.0. The van der Waals surface area contributed by atoms with Gasteiger partial charge in [-0.2, -0.15) is 0 Å². The average molecular weight is 401 g/mol. The number of esters is 1. The zero-order valence-electron chi connectivity index (χ0n) is 15.5. The molecule has 1 fully saturated rings. The van der Waals surface area contributed by atoms with E-state index in [0.717, 1.165) is 24.8 Å². The van der Waals surface area contributed by atoms with Crippen molar-refractivity contribution >= 4 is 35.1 Å². The first-order chi connectivity index (χ1) is 13.4. The molecule has 0 heterocycles. The van der Waals surface area contributed by atoms with Crippen LogP contribution in [0.1, 0.15) is 35.2 Å². The molecule has 1 saturated carbocycles. The Morgan fingerprint density at radius 2 is 1.68 bits per heavy atom. The molecular weight excluding hydrogens is 380 g/mol. The Morgan fingerprint density at radius 3 is 2.21 bits per heavy atom. The predicted molar refractivity (Wildman–Crippen MR) is 106 cm³/mol. The lowest BCUT2D eigenvalue weighted by Gasteiger charge is -2.40. The van der Waals surface area contributed by atoms with Gasteiger partial charge >= 0.3 is 5.97 Å². The third-order valence-electron chi connectivity index (χ3n) is 5.06. The number of benzene rings is 2. The van der Waals surface area contributed by atoms with Crippen molar-refractivity contribution in [1.29, 1.82) is 0 Å². The van der Waals surface area contributed by atoms with Crippen LogP contribution in [-0.4, -0.2) is 31.4 Å². The number of nitrogens with one attached hydrogen (secondary N) is 2. The van der Waals surface area contributed by atoms with Crippen molar-refractivity contribution in [2.45, 2.75) is 24.7 Å². The smallest absolute Gasteiger partial charge is 0.325 e. The van der Waals surface area contributed by atoms with Crippen LogP contribution in [0.15, 0.2) is 48.5 Å². The molecule has 0 radical (unpaired) electrons. The van der Waals surface area contributed by atoms with Crippen LogP contribution in [0.25, 0.3) is 0 Å². The van der Waals surface area contributed by atoms with Crippen molar-refractivity contribution in [3.63, 3.8) is 0 Å². The number of anilines is 1. The van der Waals surface area contributed by atoms with Gasteiger partial charge in [0.2, 0.25) is 5.91 Å². The van der Waals surface area contributed by atoms with Gasteiger partial charge in [-0.15, -0.1) is 0 Å². The Bertz CT molecular complexity index is 874. The van der Waals surface area contributed by atoms with Crippen LogP contribution in [0.2, 0.25) is 5.02 Å². The fourth-order valence-electron chi connectivity index (χ4n) is 3.23. The van der Waals surface area contributed by atoms with Crippen molar-refractivity contribution in [3.05, 3.63) is 64.7 Å². The molecule has 2 amide bonds. The van der Waals surface area contributed by atoms with E-state index in [9.17, 15) is 14.4 Å². The number of halogens is 1. The first kappa shape index (κ1) is 19.9. The summed E-state index contributed by atoms with van der Waals surface area (Å²) in [6.45, 7) is -0.197. The fourth-order valence-corrected chi connectivity index (χ4v) is 3.35. The van der Waals surface area contributed by atoms with Gasteiger partial charge in [0.05, 0.1) is 12.5 Å². The number of ether oxygens (including phenoxy) is 1. The highest BCUT2D eigenvalue weighted by atomic mass is 35.5. The van der Waals surface area contributed by atoms with Gasteiger partial charge in [0.1, 0.15) is 6.54 Å². The SMILES string of the molecule is COC(=O)CNC(=O)c1ccc(NC(=O)C2(c3ccc(Cl)cc3)CCC2)cc1. The lowest BCUT2D eigenvalue weighted by Crippen LogP contribution is -2.46. The number of rotatable bonds is 6. The van der Waals surface area contributed by atoms with Gasteiger partial charge in [-0.05, 0) is 54.8 Å². The lowest BCUT2D eigenvalue weighted by atomic mass is 9.64. The Hall–Kier alpha value is -2.86. The van der Waals surface area contributed by atoms with Gasteiger partial charge in [0.25, 0.3) is 5.91 Å². The van der Waals surface area contributed by atoms with Crippen molar-refractivity contribution in [2.24, 2.45) is 0 Å². The minimum Gasteiger partial charge on any atom is -0.468 e. The Kier molecular flexibility index (Phi) is 5.99. The van der Waals surface area contributed by atoms with Crippen molar-refractivity contribution < 1.29 is 19.1 Å². The molecule has 1 aliphatic rings. The van der Waals surface area contributed by atoms with E-state index >= 15 is 0 Å². The van der Waals surface area contributed by atoms with Crippen LogP contribution in [0.4, 0.5) is 5.69 Å². The zero-order valence-corrected chi connectivity index (χ0v) is 16.2. The van der Waals surface area contributed by atoms with E-state index in [4.69, 9.17) is 11.6 Å². The van der Waals surface area contributed by atoms with Gasteiger partial charge in [0.15, 0.2) is 0 Å². The van der Waals surface area contributed by atoms with Crippen molar-refractivity contribution in [2.75, 3.05) is 19.0 Å². The quantitative estimate of drug-likeness (QED) is 0.728. The summed E-state index contributed by atoms with van der Waals surface area (Å²) in [4.78, 5) is 36.1. The topological polar surface area (TPSA) is 84.5 Å². The summed E-state index contributed by atoms with van der Waals surface area (Å²) in [6, 6.07) is 13.9. The summed E-state index contributed by atoms with van der Waals surface area (Å²) in [5.74, 6) is -0.978. The summed E-state index contributed by atoms with van der Waals surface area (Å²) in [5, 5.41) is 6.05. The Labute approximate surface area is 168 Å². The first-order valence-corrected chi connectivity index (χ1v) is 9.35. The van der Waals surface area contributed by atoms with Crippen LogP contribution in [0, 0.1) is 0 Å².